The largest absolute Gasteiger partial charge is 0.446 e. The third-order valence-electron chi connectivity index (χ3n) is 8.15. The summed E-state index contributed by atoms with van der Waals surface area (Å²) in [4.78, 5) is 0. The van der Waals surface area contributed by atoms with Crippen LogP contribution in [0.1, 0.15) is 33.1 Å². The molecule has 1 aliphatic carbocycles. The normalized spacial score (nSPS) is 25.4. The van der Waals surface area contributed by atoms with Gasteiger partial charge in [0.15, 0.2) is 8.32 Å². The lowest BCUT2D eigenvalue weighted by molar-refractivity contribution is 0.271. The Balaban J connectivity index is 1.50. The molecular weight excluding hydrogens is 449 g/mol. The van der Waals surface area contributed by atoms with E-state index < -0.39 is 16.6 Å². The summed E-state index contributed by atoms with van der Waals surface area (Å²) >= 11 is 0. The van der Waals surface area contributed by atoms with Crippen LogP contribution in [0.4, 0.5) is 0 Å². The molecule has 0 spiro atoms. The summed E-state index contributed by atoms with van der Waals surface area (Å²) in [5.74, 6) is 1.40. The van der Waals surface area contributed by atoms with Crippen LogP contribution in [0.15, 0.2) is 91.0 Å². The minimum atomic E-state index is -2.66. The Kier molecular flexibility index (Phi) is 6.45. The molecule has 2 fully saturated rings. The predicted molar refractivity (Wildman–Crippen MR) is 147 cm³/mol. The highest BCUT2D eigenvalue weighted by Gasteiger charge is 2.56. The van der Waals surface area contributed by atoms with Crippen LogP contribution in [0.2, 0.25) is 19.1 Å². The zero-order valence-electron chi connectivity index (χ0n) is 21.0. The lowest BCUT2D eigenvalue weighted by Crippen LogP contribution is -2.72. The van der Waals surface area contributed by atoms with Crippen molar-refractivity contribution in [2.45, 2.75) is 64.0 Å². The van der Waals surface area contributed by atoms with E-state index >= 15 is 0 Å². The average Bonchev–Trinajstić information content (AvgIpc) is 3.54. The van der Waals surface area contributed by atoms with Crippen molar-refractivity contribution in [3.8, 4) is 0 Å². The quantitative estimate of drug-likeness (QED) is 0.239. The van der Waals surface area contributed by atoms with Crippen LogP contribution in [-0.4, -0.2) is 28.3 Å². The van der Waals surface area contributed by atoms with Gasteiger partial charge in [0.1, 0.15) is 0 Å². The Labute approximate surface area is 207 Å². The first kappa shape index (κ1) is 23.7. The zero-order valence-corrected chi connectivity index (χ0v) is 23.0. The number of hydrogen-bond donors (Lipinski definition) is 0. The molecule has 0 N–H and O–H groups in total. The molecule has 178 valence electrons. The van der Waals surface area contributed by atoms with E-state index in [9.17, 15) is 0 Å². The molecule has 1 saturated carbocycles. The molecule has 0 amide bonds. The number of benzene rings is 3. The highest BCUT2D eigenvalue weighted by molar-refractivity contribution is 7.10. The van der Waals surface area contributed by atoms with Gasteiger partial charge in [-0.3, -0.25) is 0 Å². The second kappa shape index (κ2) is 9.23. The van der Waals surface area contributed by atoms with E-state index in [-0.39, 0.29) is 5.60 Å². The summed E-state index contributed by atoms with van der Waals surface area (Å²) in [7, 11) is -4.70. The Morgan fingerprint density at radius 2 is 1.32 bits per heavy atom. The third kappa shape index (κ3) is 4.61. The summed E-state index contributed by atoms with van der Waals surface area (Å²) in [6, 6.07) is 34.2. The van der Waals surface area contributed by atoms with Crippen molar-refractivity contribution < 1.29 is 8.85 Å². The lowest BCUT2D eigenvalue weighted by Gasteiger charge is -2.42. The van der Waals surface area contributed by atoms with E-state index in [2.05, 4.69) is 118 Å². The summed E-state index contributed by atoms with van der Waals surface area (Å²) < 4.78 is 13.7. The number of rotatable bonds is 8. The van der Waals surface area contributed by atoms with Gasteiger partial charge in [0.2, 0.25) is 0 Å². The van der Waals surface area contributed by atoms with E-state index in [4.69, 9.17) is 8.85 Å². The number of fused-ring (bicyclic) bond motifs is 1. The minimum Gasteiger partial charge on any atom is -0.446 e. The maximum atomic E-state index is 7.65. The average molecular weight is 487 g/mol. The van der Waals surface area contributed by atoms with Crippen LogP contribution in [0.3, 0.4) is 0 Å². The smallest absolute Gasteiger partial charge is 0.278 e. The first-order valence-corrected chi connectivity index (χ1v) is 17.9. The van der Waals surface area contributed by atoms with E-state index in [1.807, 2.05) is 0 Å². The summed E-state index contributed by atoms with van der Waals surface area (Å²) in [6.07, 6.45) is 4.22. The Hall–Kier alpha value is -1.99. The third-order valence-corrected chi connectivity index (χ3v) is 16.7. The zero-order chi connectivity index (χ0) is 23.8. The van der Waals surface area contributed by atoms with Crippen LogP contribution in [0.25, 0.3) is 0 Å². The fourth-order valence-electron chi connectivity index (χ4n) is 6.28. The SMILES string of the molecule is CC(C[Si](C)(C)O[Si](c1ccccc1)(c1ccccc1)c1ccccc1)C1CCC2(C)OC2C1. The first-order chi connectivity index (χ1) is 16.3. The van der Waals surface area contributed by atoms with E-state index in [1.165, 1.54) is 40.9 Å². The topological polar surface area (TPSA) is 21.8 Å². The van der Waals surface area contributed by atoms with E-state index in [1.54, 1.807) is 0 Å². The van der Waals surface area contributed by atoms with Gasteiger partial charge in [-0.25, -0.2) is 0 Å². The Bertz CT molecular complexity index is 990. The lowest BCUT2D eigenvalue weighted by atomic mass is 9.77. The van der Waals surface area contributed by atoms with Gasteiger partial charge < -0.3 is 8.85 Å². The maximum Gasteiger partial charge on any atom is 0.278 e. The van der Waals surface area contributed by atoms with Gasteiger partial charge >= 0.3 is 0 Å². The van der Waals surface area contributed by atoms with Crippen molar-refractivity contribution in [2.75, 3.05) is 0 Å². The fourth-order valence-corrected chi connectivity index (χ4v) is 16.2. The maximum absolute atomic E-state index is 7.65. The molecule has 3 aromatic carbocycles. The molecule has 5 rings (SSSR count). The second-order valence-electron chi connectivity index (χ2n) is 11.3. The van der Waals surface area contributed by atoms with Gasteiger partial charge in [-0.1, -0.05) is 97.9 Å². The van der Waals surface area contributed by atoms with Crippen molar-refractivity contribution >= 4 is 32.2 Å². The van der Waals surface area contributed by atoms with Gasteiger partial charge in [0.05, 0.1) is 11.7 Å². The van der Waals surface area contributed by atoms with Gasteiger partial charge in [-0.2, -0.15) is 0 Å². The fraction of sp³-hybridized carbons (Fsp3) is 0.400. The molecule has 4 unspecified atom stereocenters. The van der Waals surface area contributed by atoms with E-state index in [0.29, 0.717) is 12.0 Å². The highest BCUT2D eigenvalue weighted by atomic mass is 28.4. The molecule has 2 nitrogen and oxygen atoms in total. The second-order valence-corrected chi connectivity index (χ2v) is 19.1. The monoisotopic (exact) mass is 486 g/mol. The molecule has 1 saturated heterocycles. The molecule has 1 aliphatic heterocycles. The predicted octanol–water partition coefficient (Wildman–Crippen LogP) is 5.47. The van der Waals surface area contributed by atoms with Crippen LogP contribution < -0.4 is 15.6 Å². The van der Waals surface area contributed by atoms with Crippen molar-refractivity contribution in [3.05, 3.63) is 91.0 Å². The number of epoxide rings is 1. The molecular formula is C30H38O2Si2. The summed E-state index contributed by atoms with van der Waals surface area (Å²) in [6.45, 7) is 9.64. The van der Waals surface area contributed by atoms with Crippen molar-refractivity contribution in [3.63, 3.8) is 0 Å². The van der Waals surface area contributed by atoms with Gasteiger partial charge in [0.25, 0.3) is 8.32 Å². The first-order valence-electron chi connectivity index (χ1n) is 12.9. The molecule has 34 heavy (non-hydrogen) atoms. The number of hydrogen-bond acceptors (Lipinski definition) is 2. The number of ether oxygens (including phenoxy) is 1. The van der Waals surface area contributed by atoms with Crippen molar-refractivity contribution in [1.29, 1.82) is 0 Å². The molecule has 4 heteroatoms. The van der Waals surface area contributed by atoms with Gasteiger partial charge in [-0.15, -0.1) is 0 Å². The molecule has 4 atom stereocenters. The van der Waals surface area contributed by atoms with E-state index in [0.717, 1.165) is 5.92 Å². The molecule has 0 aromatic heterocycles. The molecule has 3 aromatic rings. The Morgan fingerprint density at radius 3 is 1.76 bits per heavy atom. The molecule has 0 bridgehead atoms. The van der Waals surface area contributed by atoms with Crippen molar-refractivity contribution in [1.82, 2.24) is 0 Å². The van der Waals surface area contributed by atoms with Crippen LogP contribution in [-0.2, 0) is 8.85 Å². The standard InChI is InChI=1S/C30H38O2Si2/c1-24(25-20-21-30(2)29(22-25)31-30)23-33(3,4)32-34(26-14-8-5-9-15-26,27-16-10-6-11-17-27)28-18-12-7-13-19-28/h5-19,24-25,29H,20-23H2,1-4H3. The van der Waals surface area contributed by atoms with Crippen LogP contribution in [0.5, 0.6) is 0 Å². The van der Waals surface area contributed by atoms with Gasteiger partial charge in [0, 0.05) is 0 Å². The van der Waals surface area contributed by atoms with Gasteiger partial charge in [-0.05, 0) is 72.7 Å². The molecule has 2 aliphatic rings. The summed E-state index contributed by atoms with van der Waals surface area (Å²) in [5.41, 5.74) is 0.190. The minimum absolute atomic E-state index is 0.190. The van der Waals surface area contributed by atoms with Crippen LogP contribution in [0, 0.1) is 11.8 Å². The Morgan fingerprint density at radius 1 is 0.853 bits per heavy atom. The summed E-state index contributed by atoms with van der Waals surface area (Å²) in [5, 5.41) is 4.00. The molecule has 0 radical (unpaired) electrons. The van der Waals surface area contributed by atoms with Crippen molar-refractivity contribution in [2.24, 2.45) is 11.8 Å². The molecule has 1 heterocycles. The van der Waals surface area contributed by atoms with Crippen LogP contribution >= 0.6 is 0 Å². The highest BCUT2D eigenvalue weighted by Crippen LogP contribution is 2.51.